The van der Waals surface area contributed by atoms with Gasteiger partial charge in [-0.25, -0.2) is 0 Å². The average molecular weight is 348 g/mol. The number of ether oxygens (including phenoxy) is 2. The second kappa shape index (κ2) is 9.78. The zero-order valence-electron chi connectivity index (χ0n) is 15.8. The molecule has 2 rings (SSSR count). The van der Waals surface area contributed by atoms with Gasteiger partial charge in [-0.1, -0.05) is 13.3 Å². The zero-order valence-corrected chi connectivity index (χ0v) is 15.8. The fourth-order valence-corrected chi connectivity index (χ4v) is 2.96. The fourth-order valence-electron chi connectivity index (χ4n) is 2.96. The molecule has 0 aromatic heterocycles. The summed E-state index contributed by atoms with van der Waals surface area (Å²) in [6.07, 6.45) is 5.69. The van der Waals surface area contributed by atoms with Gasteiger partial charge in [0.05, 0.1) is 6.61 Å². The number of piperidine rings is 1. The number of rotatable bonds is 9. The van der Waals surface area contributed by atoms with Crippen molar-refractivity contribution in [1.82, 2.24) is 4.90 Å². The number of amides is 1. The van der Waals surface area contributed by atoms with Gasteiger partial charge in [0.1, 0.15) is 11.4 Å². The molecular weight excluding hydrogens is 316 g/mol. The molecule has 1 aliphatic heterocycles. The molecule has 140 valence electrons. The third kappa shape index (κ3) is 6.01. The molecule has 5 heteroatoms. The van der Waals surface area contributed by atoms with Gasteiger partial charge in [-0.2, -0.15) is 0 Å². The largest absolute Gasteiger partial charge is 0.494 e. The monoisotopic (exact) mass is 348 g/mol. The highest BCUT2D eigenvalue weighted by Crippen LogP contribution is 2.20. The molecule has 0 saturated carbocycles. The predicted molar refractivity (Wildman–Crippen MR) is 101 cm³/mol. The molecular formula is C20H32N2O3. The van der Waals surface area contributed by atoms with E-state index >= 15 is 0 Å². The van der Waals surface area contributed by atoms with Crippen molar-refractivity contribution in [2.75, 3.05) is 38.7 Å². The van der Waals surface area contributed by atoms with Crippen LogP contribution in [0.2, 0.25) is 0 Å². The van der Waals surface area contributed by atoms with E-state index in [1.165, 1.54) is 32.4 Å². The molecule has 5 nitrogen and oxygen atoms in total. The molecule has 1 unspecified atom stereocenters. The second-order valence-electron chi connectivity index (χ2n) is 6.87. The van der Waals surface area contributed by atoms with Gasteiger partial charge >= 0.3 is 0 Å². The number of nitrogens with one attached hydrogen (secondary N) is 1. The maximum Gasteiger partial charge on any atom is 0.256 e. The Kier molecular flexibility index (Phi) is 7.72. The van der Waals surface area contributed by atoms with Gasteiger partial charge in [0.25, 0.3) is 5.91 Å². The Bertz CT molecular complexity index is 520. The van der Waals surface area contributed by atoms with Crippen LogP contribution in [-0.2, 0) is 9.53 Å². The lowest BCUT2D eigenvalue weighted by Crippen LogP contribution is -2.41. The van der Waals surface area contributed by atoms with Crippen molar-refractivity contribution in [3.05, 3.63) is 24.3 Å². The molecule has 1 saturated heterocycles. The molecule has 0 spiro atoms. The van der Waals surface area contributed by atoms with Crippen LogP contribution in [0, 0.1) is 0 Å². The van der Waals surface area contributed by atoms with E-state index in [9.17, 15) is 4.79 Å². The summed E-state index contributed by atoms with van der Waals surface area (Å²) in [4.78, 5) is 14.8. The maximum absolute atomic E-state index is 12.3. The Labute approximate surface area is 151 Å². The Morgan fingerprint density at radius 1 is 1.20 bits per heavy atom. The number of hydrogen-bond donors (Lipinski definition) is 1. The van der Waals surface area contributed by atoms with Crippen molar-refractivity contribution in [1.29, 1.82) is 0 Å². The first kappa shape index (κ1) is 19.7. The summed E-state index contributed by atoms with van der Waals surface area (Å²) >= 11 is 0. The Hall–Kier alpha value is -1.59. The van der Waals surface area contributed by atoms with Gasteiger partial charge in [0, 0.05) is 19.3 Å². The van der Waals surface area contributed by atoms with E-state index in [0.717, 1.165) is 31.0 Å². The number of carbonyl (C=O) groups excluding carboxylic acids is 1. The molecule has 0 radical (unpaired) electrons. The number of anilines is 1. The second-order valence-corrected chi connectivity index (χ2v) is 6.87. The van der Waals surface area contributed by atoms with Crippen LogP contribution in [0.1, 0.15) is 46.0 Å². The minimum atomic E-state index is -0.802. The van der Waals surface area contributed by atoms with Crippen LogP contribution in [0.4, 0.5) is 5.69 Å². The number of hydrogen-bond acceptors (Lipinski definition) is 4. The molecule has 1 heterocycles. The minimum absolute atomic E-state index is 0.132. The molecule has 1 amide bonds. The van der Waals surface area contributed by atoms with Gasteiger partial charge < -0.3 is 19.7 Å². The van der Waals surface area contributed by atoms with E-state index in [1.54, 1.807) is 14.0 Å². The predicted octanol–water partition coefficient (Wildman–Crippen LogP) is 3.70. The number of benzene rings is 1. The van der Waals surface area contributed by atoms with Crippen LogP contribution in [0.15, 0.2) is 24.3 Å². The third-order valence-corrected chi connectivity index (χ3v) is 5.05. The normalized spacial score (nSPS) is 17.7. The summed E-state index contributed by atoms with van der Waals surface area (Å²) in [5, 5.41) is 2.90. The summed E-state index contributed by atoms with van der Waals surface area (Å²) < 4.78 is 11.1. The molecule has 1 aromatic rings. The highest BCUT2D eigenvalue weighted by molar-refractivity contribution is 5.97. The van der Waals surface area contributed by atoms with Crippen LogP contribution in [0.3, 0.4) is 0 Å². The van der Waals surface area contributed by atoms with Crippen LogP contribution in [-0.4, -0.2) is 49.8 Å². The van der Waals surface area contributed by atoms with E-state index in [2.05, 4.69) is 10.2 Å². The van der Waals surface area contributed by atoms with Gasteiger partial charge in [-0.3, -0.25) is 4.79 Å². The van der Waals surface area contributed by atoms with E-state index in [-0.39, 0.29) is 5.91 Å². The minimum Gasteiger partial charge on any atom is -0.494 e. The van der Waals surface area contributed by atoms with Crippen LogP contribution in [0.25, 0.3) is 0 Å². The first-order chi connectivity index (χ1) is 12.1. The van der Waals surface area contributed by atoms with Gasteiger partial charge in [-0.05, 0) is 70.0 Å². The van der Waals surface area contributed by atoms with Crippen LogP contribution < -0.4 is 10.1 Å². The summed E-state index contributed by atoms with van der Waals surface area (Å²) in [7, 11) is 1.56. The van der Waals surface area contributed by atoms with E-state index < -0.39 is 5.60 Å². The fraction of sp³-hybridized carbons (Fsp3) is 0.650. The number of likely N-dealkylation sites (tertiary alicyclic amines) is 1. The van der Waals surface area contributed by atoms with E-state index in [0.29, 0.717) is 6.42 Å². The Morgan fingerprint density at radius 2 is 1.88 bits per heavy atom. The zero-order chi connectivity index (χ0) is 18.1. The molecule has 25 heavy (non-hydrogen) atoms. The molecule has 1 fully saturated rings. The molecule has 0 aliphatic carbocycles. The van der Waals surface area contributed by atoms with E-state index in [4.69, 9.17) is 9.47 Å². The van der Waals surface area contributed by atoms with Gasteiger partial charge in [0.2, 0.25) is 0 Å². The molecule has 1 aliphatic rings. The Morgan fingerprint density at radius 3 is 2.48 bits per heavy atom. The first-order valence-electron chi connectivity index (χ1n) is 9.39. The quantitative estimate of drug-likeness (QED) is 0.692. The highest BCUT2D eigenvalue weighted by Gasteiger charge is 2.30. The van der Waals surface area contributed by atoms with Gasteiger partial charge in [-0.15, -0.1) is 0 Å². The third-order valence-electron chi connectivity index (χ3n) is 5.05. The van der Waals surface area contributed by atoms with Crippen molar-refractivity contribution in [3.8, 4) is 5.75 Å². The number of methoxy groups -OCH3 is 1. The molecule has 1 aromatic carbocycles. The topological polar surface area (TPSA) is 50.8 Å². The molecule has 1 atom stereocenters. The standard InChI is InChI=1S/C20H32N2O3/c1-4-20(2,24-3)19(23)21-17-9-11-18(12-10-17)25-16-8-15-22-13-6-5-7-14-22/h9-12H,4-8,13-16H2,1-3H3,(H,21,23). The lowest BCUT2D eigenvalue weighted by molar-refractivity contribution is -0.136. The number of nitrogens with zero attached hydrogens (tertiary/aromatic N) is 1. The van der Waals surface area contributed by atoms with Crippen molar-refractivity contribution in [3.63, 3.8) is 0 Å². The summed E-state index contributed by atoms with van der Waals surface area (Å²) in [6, 6.07) is 7.52. The Balaban J connectivity index is 1.73. The molecule has 0 bridgehead atoms. The SMILES string of the molecule is CCC(C)(OC)C(=O)Nc1ccc(OCCCN2CCCCC2)cc1. The van der Waals surface area contributed by atoms with Crippen molar-refractivity contribution in [2.24, 2.45) is 0 Å². The van der Waals surface area contributed by atoms with Crippen molar-refractivity contribution in [2.45, 2.75) is 51.6 Å². The van der Waals surface area contributed by atoms with Gasteiger partial charge in [0.15, 0.2) is 0 Å². The highest BCUT2D eigenvalue weighted by atomic mass is 16.5. The summed E-state index contributed by atoms with van der Waals surface area (Å²) in [5.41, 5.74) is -0.0497. The summed E-state index contributed by atoms with van der Waals surface area (Å²) in [6.45, 7) is 8.02. The average Bonchev–Trinajstić information content (AvgIpc) is 2.66. The van der Waals surface area contributed by atoms with Crippen molar-refractivity contribution < 1.29 is 14.3 Å². The lowest BCUT2D eigenvalue weighted by atomic mass is 10.0. The number of carbonyl (C=O) groups is 1. The van der Waals surface area contributed by atoms with Crippen LogP contribution in [0.5, 0.6) is 5.75 Å². The van der Waals surface area contributed by atoms with Crippen molar-refractivity contribution >= 4 is 11.6 Å². The van der Waals surface area contributed by atoms with Crippen LogP contribution >= 0.6 is 0 Å². The maximum atomic E-state index is 12.3. The first-order valence-corrected chi connectivity index (χ1v) is 9.39. The molecule has 1 N–H and O–H groups in total. The van der Waals surface area contributed by atoms with E-state index in [1.807, 2.05) is 31.2 Å². The smallest absolute Gasteiger partial charge is 0.256 e. The summed E-state index contributed by atoms with van der Waals surface area (Å²) in [5.74, 6) is 0.703. The lowest BCUT2D eigenvalue weighted by Gasteiger charge is -2.26.